The number of rotatable bonds is 7. The van der Waals surface area contributed by atoms with Crippen LogP contribution in [0.4, 0.5) is 0 Å². The quantitative estimate of drug-likeness (QED) is 0.789. The molecule has 0 bridgehead atoms. The fraction of sp³-hybridized carbons (Fsp3) is 0.389. The van der Waals surface area contributed by atoms with Crippen LogP contribution < -0.4 is 5.32 Å². The van der Waals surface area contributed by atoms with E-state index in [0.717, 1.165) is 23.8 Å². The third kappa shape index (κ3) is 4.87. The number of hydrogen-bond donors (Lipinski definition) is 1. The van der Waals surface area contributed by atoms with Gasteiger partial charge in [-0.05, 0) is 35.2 Å². The molecule has 3 nitrogen and oxygen atoms in total. The molecule has 0 saturated carbocycles. The minimum atomic E-state index is -0.0235. The summed E-state index contributed by atoms with van der Waals surface area (Å²) in [6, 6.07) is 13.8. The molecule has 0 radical (unpaired) electrons. The number of carbonyl (C=O) groups is 1. The van der Waals surface area contributed by atoms with Gasteiger partial charge >= 0.3 is 0 Å². The Kier molecular flexibility index (Phi) is 5.76. The molecule has 0 fully saturated rings. The van der Waals surface area contributed by atoms with Crippen molar-refractivity contribution in [3.05, 3.63) is 48.0 Å². The summed E-state index contributed by atoms with van der Waals surface area (Å²) >= 11 is 0. The molecule has 2 rings (SSSR count). The lowest BCUT2D eigenvalue weighted by molar-refractivity contribution is 0.0925. The zero-order chi connectivity index (χ0) is 15.1. The minimum Gasteiger partial charge on any atom is -0.381 e. The summed E-state index contributed by atoms with van der Waals surface area (Å²) in [4.78, 5) is 12.1. The van der Waals surface area contributed by atoms with Gasteiger partial charge in [0.1, 0.15) is 0 Å². The number of carbonyl (C=O) groups excluding carboxylic acids is 1. The van der Waals surface area contributed by atoms with Gasteiger partial charge in [0.05, 0.1) is 0 Å². The van der Waals surface area contributed by atoms with Crippen LogP contribution in [-0.4, -0.2) is 25.7 Å². The van der Waals surface area contributed by atoms with E-state index in [1.807, 2.05) is 42.5 Å². The van der Waals surface area contributed by atoms with Gasteiger partial charge in [-0.15, -0.1) is 0 Å². The first-order valence-electron chi connectivity index (χ1n) is 7.51. The maximum atomic E-state index is 12.1. The molecule has 0 aliphatic heterocycles. The standard InChI is InChI=1S/C18H23NO2/c1-14(2)13-21-11-5-10-19-18(20)17-9-8-15-6-3-4-7-16(15)12-17/h3-4,6-9,12,14H,5,10-11,13H2,1-2H3,(H,19,20). The Morgan fingerprint density at radius 1 is 1.14 bits per heavy atom. The molecular formula is C18H23NO2. The van der Waals surface area contributed by atoms with Crippen molar-refractivity contribution in [1.29, 1.82) is 0 Å². The van der Waals surface area contributed by atoms with Crippen LogP contribution in [0.2, 0.25) is 0 Å². The SMILES string of the molecule is CC(C)COCCCNC(=O)c1ccc2ccccc2c1. The summed E-state index contributed by atoms with van der Waals surface area (Å²) in [5, 5.41) is 5.17. The van der Waals surface area contributed by atoms with Crippen molar-refractivity contribution in [2.45, 2.75) is 20.3 Å². The average molecular weight is 285 g/mol. The van der Waals surface area contributed by atoms with E-state index in [1.54, 1.807) is 0 Å². The Morgan fingerprint density at radius 3 is 2.67 bits per heavy atom. The zero-order valence-electron chi connectivity index (χ0n) is 12.8. The normalized spacial score (nSPS) is 11.0. The number of fused-ring (bicyclic) bond motifs is 1. The molecular weight excluding hydrogens is 262 g/mol. The van der Waals surface area contributed by atoms with E-state index in [4.69, 9.17) is 4.74 Å². The maximum absolute atomic E-state index is 12.1. The van der Waals surface area contributed by atoms with Gasteiger partial charge in [-0.1, -0.05) is 44.2 Å². The molecule has 0 aliphatic rings. The molecule has 0 unspecified atom stereocenters. The van der Waals surface area contributed by atoms with E-state index in [2.05, 4.69) is 19.2 Å². The van der Waals surface area contributed by atoms with E-state index < -0.39 is 0 Å². The van der Waals surface area contributed by atoms with Crippen molar-refractivity contribution in [1.82, 2.24) is 5.32 Å². The predicted molar refractivity (Wildman–Crippen MR) is 86.6 cm³/mol. The molecule has 0 aliphatic carbocycles. The fourth-order valence-electron chi connectivity index (χ4n) is 2.13. The number of amides is 1. The van der Waals surface area contributed by atoms with Crippen LogP contribution in [0.1, 0.15) is 30.6 Å². The smallest absolute Gasteiger partial charge is 0.251 e. The third-order valence-electron chi connectivity index (χ3n) is 3.21. The molecule has 0 heterocycles. The van der Waals surface area contributed by atoms with Gasteiger partial charge in [-0.2, -0.15) is 0 Å². The van der Waals surface area contributed by atoms with Crippen molar-refractivity contribution in [3.63, 3.8) is 0 Å². The highest BCUT2D eigenvalue weighted by Gasteiger charge is 2.05. The van der Waals surface area contributed by atoms with Crippen molar-refractivity contribution in [2.24, 2.45) is 5.92 Å². The predicted octanol–water partition coefficient (Wildman–Crippen LogP) is 3.63. The zero-order valence-corrected chi connectivity index (χ0v) is 12.8. The van der Waals surface area contributed by atoms with Crippen LogP contribution in [0, 0.1) is 5.92 Å². The van der Waals surface area contributed by atoms with Crippen molar-refractivity contribution in [3.8, 4) is 0 Å². The van der Waals surface area contributed by atoms with Gasteiger partial charge in [-0.3, -0.25) is 4.79 Å². The molecule has 2 aromatic carbocycles. The second-order valence-electron chi connectivity index (χ2n) is 5.64. The molecule has 1 amide bonds. The minimum absolute atomic E-state index is 0.0235. The average Bonchev–Trinajstić information content (AvgIpc) is 2.49. The molecule has 0 saturated heterocycles. The van der Waals surface area contributed by atoms with Gasteiger partial charge in [-0.25, -0.2) is 0 Å². The lowest BCUT2D eigenvalue weighted by Gasteiger charge is -2.08. The van der Waals surface area contributed by atoms with Crippen molar-refractivity contribution < 1.29 is 9.53 Å². The van der Waals surface area contributed by atoms with Gasteiger partial charge in [0.25, 0.3) is 5.91 Å². The highest BCUT2D eigenvalue weighted by atomic mass is 16.5. The molecule has 0 aromatic heterocycles. The van der Waals surface area contributed by atoms with Crippen LogP contribution in [0.5, 0.6) is 0 Å². The van der Waals surface area contributed by atoms with E-state index >= 15 is 0 Å². The van der Waals surface area contributed by atoms with Crippen LogP contribution in [-0.2, 0) is 4.74 Å². The molecule has 0 spiro atoms. The van der Waals surface area contributed by atoms with E-state index in [0.29, 0.717) is 24.6 Å². The molecule has 1 N–H and O–H groups in total. The Morgan fingerprint density at radius 2 is 1.90 bits per heavy atom. The van der Waals surface area contributed by atoms with Gasteiger partial charge in [0, 0.05) is 25.3 Å². The first-order chi connectivity index (χ1) is 10.2. The molecule has 3 heteroatoms. The second kappa shape index (κ2) is 7.79. The van der Waals surface area contributed by atoms with Crippen LogP contribution in [0.25, 0.3) is 10.8 Å². The lowest BCUT2D eigenvalue weighted by atomic mass is 10.1. The number of benzene rings is 2. The number of hydrogen-bond acceptors (Lipinski definition) is 2. The Balaban J connectivity index is 1.79. The van der Waals surface area contributed by atoms with Crippen molar-refractivity contribution >= 4 is 16.7 Å². The maximum Gasteiger partial charge on any atom is 0.251 e. The molecule has 21 heavy (non-hydrogen) atoms. The first kappa shape index (κ1) is 15.5. The largest absolute Gasteiger partial charge is 0.381 e. The summed E-state index contributed by atoms with van der Waals surface area (Å²) < 4.78 is 5.49. The number of ether oxygens (including phenoxy) is 1. The topological polar surface area (TPSA) is 38.3 Å². The number of nitrogens with one attached hydrogen (secondary N) is 1. The Labute approximate surface area is 126 Å². The van der Waals surface area contributed by atoms with Crippen LogP contribution in [0.15, 0.2) is 42.5 Å². The van der Waals surface area contributed by atoms with Crippen LogP contribution in [0.3, 0.4) is 0 Å². The van der Waals surface area contributed by atoms with E-state index in [9.17, 15) is 4.79 Å². The van der Waals surface area contributed by atoms with Crippen LogP contribution >= 0.6 is 0 Å². The van der Waals surface area contributed by atoms with Gasteiger partial charge < -0.3 is 10.1 Å². The molecule has 2 aromatic rings. The fourth-order valence-corrected chi connectivity index (χ4v) is 2.13. The Hall–Kier alpha value is -1.87. The summed E-state index contributed by atoms with van der Waals surface area (Å²) in [6.45, 7) is 6.36. The van der Waals surface area contributed by atoms with E-state index in [1.165, 1.54) is 0 Å². The highest BCUT2D eigenvalue weighted by Crippen LogP contribution is 2.15. The lowest BCUT2D eigenvalue weighted by Crippen LogP contribution is -2.25. The second-order valence-corrected chi connectivity index (χ2v) is 5.64. The van der Waals surface area contributed by atoms with Crippen molar-refractivity contribution in [2.75, 3.05) is 19.8 Å². The summed E-state index contributed by atoms with van der Waals surface area (Å²) in [5.41, 5.74) is 0.705. The summed E-state index contributed by atoms with van der Waals surface area (Å²) in [7, 11) is 0. The summed E-state index contributed by atoms with van der Waals surface area (Å²) in [5.74, 6) is 0.529. The summed E-state index contributed by atoms with van der Waals surface area (Å²) in [6.07, 6.45) is 0.839. The monoisotopic (exact) mass is 285 g/mol. The van der Waals surface area contributed by atoms with E-state index in [-0.39, 0.29) is 5.91 Å². The van der Waals surface area contributed by atoms with Gasteiger partial charge in [0.2, 0.25) is 0 Å². The Bertz CT molecular complexity index is 593. The first-order valence-corrected chi connectivity index (χ1v) is 7.51. The molecule has 112 valence electrons. The highest BCUT2D eigenvalue weighted by molar-refractivity contribution is 5.98. The third-order valence-corrected chi connectivity index (χ3v) is 3.21. The molecule has 0 atom stereocenters. The van der Waals surface area contributed by atoms with Gasteiger partial charge in [0.15, 0.2) is 0 Å².